The molecule has 0 heterocycles. The average Bonchev–Trinajstić information content (AvgIpc) is 3.24. The largest absolute Gasteiger partial charge is 0.493 e. The maximum Gasteiger partial charge on any atom is 0.123 e. The zero-order valence-corrected chi connectivity index (χ0v) is 18.7. The summed E-state index contributed by atoms with van der Waals surface area (Å²) >= 11 is 0. The van der Waals surface area contributed by atoms with Crippen LogP contribution in [-0.4, -0.2) is 6.61 Å². The van der Waals surface area contributed by atoms with Crippen molar-refractivity contribution < 1.29 is 4.74 Å². The van der Waals surface area contributed by atoms with Gasteiger partial charge in [0, 0.05) is 0 Å². The second-order valence-corrected chi connectivity index (χ2v) is 8.96. The normalized spacial score (nSPS) is 14.6. The molecule has 0 aromatic heterocycles. The second kappa shape index (κ2) is 15.9. The summed E-state index contributed by atoms with van der Waals surface area (Å²) in [5, 5.41) is 0. The Labute approximate surface area is 175 Å². The van der Waals surface area contributed by atoms with E-state index < -0.39 is 0 Å². The molecule has 0 saturated heterocycles. The molecule has 1 aromatic rings. The van der Waals surface area contributed by atoms with Gasteiger partial charge in [-0.2, -0.15) is 0 Å². The van der Waals surface area contributed by atoms with Gasteiger partial charge in [-0.05, 0) is 42.9 Å². The third kappa shape index (κ3) is 10.5. The molecule has 1 aliphatic carbocycles. The van der Waals surface area contributed by atoms with Crippen molar-refractivity contribution in [2.24, 2.45) is 5.92 Å². The van der Waals surface area contributed by atoms with Crippen LogP contribution in [0.4, 0.5) is 0 Å². The van der Waals surface area contributed by atoms with Gasteiger partial charge in [0.1, 0.15) is 5.75 Å². The molecule has 0 spiro atoms. The molecule has 1 heteroatoms. The van der Waals surface area contributed by atoms with Gasteiger partial charge in [0.2, 0.25) is 0 Å². The molecule has 0 N–H and O–H groups in total. The van der Waals surface area contributed by atoms with Crippen molar-refractivity contribution in [1.82, 2.24) is 0 Å². The molecule has 0 amide bonds. The molecule has 0 aliphatic heterocycles. The topological polar surface area (TPSA) is 9.23 Å². The SMILES string of the molecule is CCCCCCCCCc1cc[c]cc1OCCCCCCCC1CCCC1. The van der Waals surface area contributed by atoms with Crippen molar-refractivity contribution in [3.8, 4) is 5.75 Å². The molecular weight excluding hydrogens is 340 g/mol. The van der Waals surface area contributed by atoms with E-state index in [1.54, 1.807) is 0 Å². The first-order valence-electron chi connectivity index (χ1n) is 12.5. The average molecular weight is 386 g/mol. The fourth-order valence-electron chi connectivity index (χ4n) is 4.61. The van der Waals surface area contributed by atoms with E-state index >= 15 is 0 Å². The van der Waals surface area contributed by atoms with E-state index in [1.807, 2.05) is 12.1 Å². The lowest BCUT2D eigenvalue weighted by atomic mass is 9.99. The summed E-state index contributed by atoms with van der Waals surface area (Å²) in [6, 6.07) is 9.48. The van der Waals surface area contributed by atoms with Crippen LogP contribution in [0.5, 0.6) is 5.75 Å². The van der Waals surface area contributed by atoms with Crippen LogP contribution in [0.15, 0.2) is 18.2 Å². The lowest BCUT2D eigenvalue weighted by Crippen LogP contribution is -2.01. The van der Waals surface area contributed by atoms with Gasteiger partial charge in [-0.1, -0.05) is 115 Å². The number of hydrogen-bond donors (Lipinski definition) is 0. The highest BCUT2D eigenvalue weighted by Crippen LogP contribution is 2.29. The van der Waals surface area contributed by atoms with Crippen LogP contribution in [0.1, 0.15) is 122 Å². The van der Waals surface area contributed by atoms with Gasteiger partial charge in [-0.3, -0.25) is 0 Å². The van der Waals surface area contributed by atoms with Gasteiger partial charge in [-0.15, -0.1) is 0 Å². The van der Waals surface area contributed by atoms with E-state index in [0.29, 0.717) is 0 Å². The molecule has 1 aliphatic rings. The second-order valence-electron chi connectivity index (χ2n) is 8.96. The Morgan fingerprint density at radius 3 is 2.32 bits per heavy atom. The standard InChI is InChI=1S/C27H45O/c1-2-3-4-5-6-9-12-21-26-22-15-16-23-27(26)28-24-17-10-7-8-11-18-25-19-13-14-20-25/h15,22-23,25H,2-14,17-21,24H2,1H3. The van der Waals surface area contributed by atoms with Crippen molar-refractivity contribution >= 4 is 0 Å². The van der Waals surface area contributed by atoms with Crippen LogP contribution in [0.3, 0.4) is 0 Å². The zero-order chi connectivity index (χ0) is 19.7. The smallest absolute Gasteiger partial charge is 0.123 e. The molecule has 28 heavy (non-hydrogen) atoms. The number of unbranched alkanes of at least 4 members (excludes halogenated alkanes) is 10. The van der Waals surface area contributed by atoms with Crippen molar-refractivity contribution in [3.05, 3.63) is 29.8 Å². The van der Waals surface area contributed by atoms with Crippen LogP contribution in [-0.2, 0) is 6.42 Å². The maximum atomic E-state index is 6.10. The molecule has 0 atom stereocenters. The van der Waals surface area contributed by atoms with Crippen molar-refractivity contribution in [2.75, 3.05) is 6.61 Å². The van der Waals surface area contributed by atoms with E-state index in [0.717, 1.165) is 24.7 Å². The summed E-state index contributed by atoms with van der Waals surface area (Å²) in [6.07, 6.45) is 24.9. The summed E-state index contributed by atoms with van der Waals surface area (Å²) in [5.74, 6) is 2.14. The highest BCUT2D eigenvalue weighted by Gasteiger charge is 2.13. The molecule has 0 unspecified atom stereocenters. The molecule has 1 fully saturated rings. The van der Waals surface area contributed by atoms with E-state index in [2.05, 4.69) is 19.1 Å². The Kier molecular flexibility index (Phi) is 13.2. The Hall–Kier alpha value is -0.980. The van der Waals surface area contributed by atoms with E-state index in [1.165, 1.54) is 115 Å². The third-order valence-corrected chi connectivity index (χ3v) is 6.45. The lowest BCUT2D eigenvalue weighted by Gasteiger charge is -2.12. The van der Waals surface area contributed by atoms with Gasteiger partial charge in [-0.25, -0.2) is 0 Å². The van der Waals surface area contributed by atoms with E-state index in [4.69, 9.17) is 4.74 Å². The monoisotopic (exact) mass is 385 g/mol. The Morgan fingerprint density at radius 2 is 1.54 bits per heavy atom. The number of hydrogen-bond acceptors (Lipinski definition) is 1. The predicted octanol–water partition coefficient (Wildman–Crippen LogP) is 8.69. The minimum Gasteiger partial charge on any atom is -0.493 e. The van der Waals surface area contributed by atoms with Crippen molar-refractivity contribution in [3.63, 3.8) is 0 Å². The number of benzene rings is 1. The summed E-state index contributed by atoms with van der Waals surface area (Å²) in [5.41, 5.74) is 1.38. The first kappa shape index (κ1) is 23.3. The minimum atomic E-state index is 0.866. The lowest BCUT2D eigenvalue weighted by molar-refractivity contribution is 0.300. The predicted molar refractivity (Wildman–Crippen MR) is 122 cm³/mol. The van der Waals surface area contributed by atoms with Gasteiger partial charge in [0.05, 0.1) is 6.61 Å². The molecule has 1 nitrogen and oxygen atoms in total. The van der Waals surface area contributed by atoms with Crippen LogP contribution in [0, 0.1) is 12.0 Å². The van der Waals surface area contributed by atoms with E-state index in [-0.39, 0.29) is 0 Å². The van der Waals surface area contributed by atoms with Gasteiger partial charge < -0.3 is 4.74 Å². The Balaban J connectivity index is 1.48. The summed E-state index contributed by atoms with van der Waals surface area (Å²) < 4.78 is 6.10. The summed E-state index contributed by atoms with van der Waals surface area (Å²) in [4.78, 5) is 0. The van der Waals surface area contributed by atoms with E-state index in [9.17, 15) is 0 Å². The van der Waals surface area contributed by atoms with Gasteiger partial charge in [0.15, 0.2) is 0 Å². The highest BCUT2D eigenvalue weighted by molar-refractivity contribution is 5.32. The van der Waals surface area contributed by atoms with Gasteiger partial charge in [0.25, 0.3) is 0 Å². The molecule has 2 rings (SSSR count). The molecule has 1 radical (unpaired) electrons. The molecule has 1 saturated carbocycles. The Bertz CT molecular complexity index is 475. The zero-order valence-electron chi connectivity index (χ0n) is 18.7. The number of rotatable bonds is 17. The number of ether oxygens (including phenoxy) is 1. The maximum absolute atomic E-state index is 6.10. The van der Waals surface area contributed by atoms with Crippen LogP contribution in [0.25, 0.3) is 0 Å². The van der Waals surface area contributed by atoms with Gasteiger partial charge >= 0.3 is 0 Å². The highest BCUT2D eigenvalue weighted by atomic mass is 16.5. The molecule has 1 aromatic carbocycles. The summed E-state index contributed by atoms with van der Waals surface area (Å²) in [6.45, 7) is 3.15. The number of aryl methyl sites for hydroxylation is 1. The third-order valence-electron chi connectivity index (χ3n) is 6.45. The van der Waals surface area contributed by atoms with Crippen LogP contribution < -0.4 is 4.74 Å². The van der Waals surface area contributed by atoms with Crippen molar-refractivity contribution in [2.45, 2.75) is 122 Å². The molecule has 159 valence electrons. The van der Waals surface area contributed by atoms with Crippen molar-refractivity contribution in [1.29, 1.82) is 0 Å². The molecule has 0 bridgehead atoms. The molecular formula is C27H45O. The summed E-state index contributed by atoms with van der Waals surface area (Å²) in [7, 11) is 0. The Morgan fingerprint density at radius 1 is 0.857 bits per heavy atom. The first-order chi connectivity index (χ1) is 13.9. The first-order valence-corrected chi connectivity index (χ1v) is 12.5. The van der Waals surface area contributed by atoms with Crippen LogP contribution >= 0.6 is 0 Å². The fraction of sp³-hybridized carbons (Fsp3) is 0.778. The minimum absolute atomic E-state index is 0.866. The van der Waals surface area contributed by atoms with Crippen LogP contribution in [0.2, 0.25) is 0 Å². The fourth-order valence-corrected chi connectivity index (χ4v) is 4.61. The quantitative estimate of drug-likeness (QED) is 0.244.